The molecule has 0 spiro atoms. The number of carbonyl (C=O) groups excluding carboxylic acids is 3. The predicted molar refractivity (Wildman–Crippen MR) is 101 cm³/mol. The fourth-order valence-corrected chi connectivity index (χ4v) is 3.25. The number of carbonyl (C=O) groups is 3. The Labute approximate surface area is 156 Å². The van der Waals surface area contributed by atoms with Gasteiger partial charge in [-0.1, -0.05) is 44.5 Å². The molecular weight excluding hydrogens is 360 g/mol. The number of benzene rings is 1. The van der Waals surface area contributed by atoms with Crippen molar-refractivity contribution in [2.24, 2.45) is 5.41 Å². The molecule has 0 aliphatic carbocycles. The summed E-state index contributed by atoms with van der Waals surface area (Å²) in [6.07, 6.45) is 2.06. The van der Waals surface area contributed by atoms with E-state index in [1.807, 2.05) is 20.8 Å². The number of amides is 3. The molecule has 0 radical (unpaired) electrons. The third kappa shape index (κ3) is 5.90. The molecule has 1 aliphatic heterocycles. The van der Waals surface area contributed by atoms with E-state index < -0.39 is 0 Å². The molecule has 134 valence electrons. The molecule has 7 heteroatoms. The first-order chi connectivity index (χ1) is 11.7. The highest BCUT2D eigenvalue weighted by Gasteiger charge is 2.34. The zero-order chi connectivity index (χ0) is 18.6. The normalized spacial score (nSPS) is 16.6. The van der Waals surface area contributed by atoms with Gasteiger partial charge in [-0.25, -0.2) is 0 Å². The second-order valence-corrected chi connectivity index (χ2v) is 8.40. The van der Waals surface area contributed by atoms with Gasteiger partial charge in [0.05, 0.1) is 4.91 Å². The Morgan fingerprint density at radius 1 is 1.24 bits per heavy atom. The summed E-state index contributed by atoms with van der Waals surface area (Å²) in [6.45, 7) is 6.35. The van der Waals surface area contributed by atoms with Crippen LogP contribution in [0.15, 0.2) is 29.2 Å². The minimum Gasteiger partial charge on any atom is -0.354 e. The molecule has 1 aliphatic rings. The topological polar surface area (TPSA) is 66.5 Å². The fourth-order valence-electron chi connectivity index (χ4n) is 2.25. The van der Waals surface area contributed by atoms with Crippen molar-refractivity contribution in [3.8, 4) is 0 Å². The van der Waals surface area contributed by atoms with Crippen molar-refractivity contribution in [3.05, 3.63) is 39.8 Å². The maximum absolute atomic E-state index is 12.4. The molecule has 0 aromatic heterocycles. The van der Waals surface area contributed by atoms with Crippen molar-refractivity contribution >= 4 is 46.5 Å². The lowest BCUT2D eigenvalue weighted by Gasteiger charge is -2.18. The van der Waals surface area contributed by atoms with Crippen LogP contribution in [0.4, 0.5) is 4.79 Å². The largest absolute Gasteiger partial charge is 0.354 e. The van der Waals surface area contributed by atoms with E-state index in [4.69, 9.17) is 11.6 Å². The van der Waals surface area contributed by atoms with Crippen LogP contribution in [0.25, 0.3) is 6.08 Å². The van der Waals surface area contributed by atoms with Crippen LogP contribution >= 0.6 is 23.4 Å². The number of nitrogens with one attached hydrogen (secondary N) is 1. The molecule has 1 aromatic carbocycles. The molecule has 1 aromatic rings. The van der Waals surface area contributed by atoms with Crippen molar-refractivity contribution in [1.29, 1.82) is 0 Å². The number of nitrogens with zero attached hydrogens (tertiary/aromatic N) is 1. The van der Waals surface area contributed by atoms with E-state index in [-0.39, 0.29) is 35.6 Å². The molecule has 3 amide bonds. The van der Waals surface area contributed by atoms with Gasteiger partial charge < -0.3 is 5.32 Å². The maximum Gasteiger partial charge on any atom is 0.293 e. The van der Waals surface area contributed by atoms with Crippen LogP contribution in [0.2, 0.25) is 5.02 Å². The van der Waals surface area contributed by atoms with Crippen LogP contribution in [-0.2, 0) is 9.59 Å². The second kappa shape index (κ2) is 8.06. The first kappa shape index (κ1) is 19.5. The molecule has 5 nitrogen and oxygen atoms in total. The van der Waals surface area contributed by atoms with Crippen LogP contribution < -0.4 is 5.32 Å². The van der Waals surface area contributed by atoms with E-state index >= 15 is 0 Å². The Balaban J connectivity index is 1.93. The summed E-state index contributed by atoms with van der Waals surface area (Å²) in [5, 5.41) is 3.03. The van der Waals surface area contributed by atoms with Gasteiger partial charge in [0, 0.05) is 24.5 Å². The van der Waals surface area contributed by atoms with Crippen molar-refractivity contribution in [2.75, 3.05) is 13.1 Å². The van der Waals surface area contributed by atoms with E-state index in [0.29, 0.717) is 16.3 Å². The molecule has 0 unspecified atom stereocenters. The van der Waals surface area contributed by atoms with Crippen LogP contribution in [0.1, 0.15) is 32.8 Å². The van der Waals surface area contributed by atoms with E-state index in [1.54, 1.807) is 30.3 Å². The van der Waals surface area contributed by atoms with Gasteiger partial charge in [0.25, 0.3) is 11.1 Å². The number of imide groups is 1. The first-order valence-corrected chi connectivity index (χ1v) is 9.13. The van der Waals surface area contributed by atoms with Gasteiger partial charge in [-0.15, -0.1) is 0 Å². The predicted octanol–water partition coefficient (Wildman–Crippen LogP) is 3.93. The summed E-state index contributed by atoms with van der Waals surface area (Å²) in [5.41, 5.74) is 0.696. The standard InChI is InChI=1S/C18H21ClN2O3S/c1-18(2,3)11-15(22)20-8-9-21-16(23)14(25-17(21)24)10-12-4-6-13(19)7-5-12/h4-7,10H,8-9,11H2,1-3H3,(H,20,22)/b14-10-. The SMILES string of the molecule is CC(C)(C)CC(=O)NCCN1C(=O)S/C(=C\c2ccc(Cl)cc2)C1=O. The molecule has 0 saturated carbocycles. The fraction of sp³-hybridized carbons (Fsp3) is 0.389. The van der Waals surface area contributed by atoms with Crippen LogP contribution in [-0.4, -0.2) is 35.0 Å². The first-order valence-electron chi connectivity index (χ1n) is 7.93. The Hall–Kier alpha value is -1.79. The molecule has 1 N–H and O–H groups in total. The smallest absolute Gasteiger partial charge is 0.293 e. The molecule has 25 heavy (non-hydrogen) atoms. The van der Waals surface area contributed by atoms with Gasteiger partial charge in [0.1, 0.15) is 0 Å². The summed E-state index contributed by atoms with van der Waals surface area (Å²) in [7, 11) is 0. The minimum absolute atomic E-state index is 0.0869. The minimum atomic E-state index is -0.338. The second-order valence-electron chi connectivity index (χ2n) is 6.97. The monoisotopic (exact) mass is 380 g/mol. The molecule has 1 saturated heterocycles. The number of thioether (sulfide) groups is 1. The summed E-state index contributed by atoms with van der Waals surface area (Å²) >= 11 is 6.74. The molecule has 1 heterocycles. The number of rotatable bonds is 5. The van der Waals surface area contributed by atoms with E-state index in [9.17, 15) is 14.4 Å². The lowest BCUT2D eigenvalue weighted by atomic mass is 9.92. The summed E-state index contributed by atoms with van der Waals surface area (Å²) in [6, 6.07) is 7.01. The van der Waals surface area contributed by atoms with Crippen LogP contribution in [0.3, 0.4) is 0 Å². The number of halogens is 1. The average molecular weight is 381 g/mol. The van der Waals surface area contributed by atoms with Crippen molar-refractivity contribution in [3.63, 3.8) is 0 Å². The van der Waals surface area contributed by atoms with Crippen molar-refractivity contribution in [1.82, 2.24) is 10.2 Å². The summed E-state index contributed by atoms with van der Waals surface area (Å²) in [5.74, 6) is -0.425. The van der Waals surface area contributed by atoms with E-state index in [0.717, 1.165) is 22.2 Å². The third-order valence-electron chi connectivity index (χ3n) is 3.39. The number of hydrogen-bond acceptors (Lipinski definition) is 4. The highest BCUT2D eigenvalue weighted by Crippen LogP contribution is 2.32. The van der Waals surface area contributed by atoms with Crippen molar-refractivity contribution < 1.29 is 14.4 Å². The van der Waals surface area contributed by atoms with Crippen LogP contribution in [0.5, 0.6) is 0 Å². The van der Waals surface area contributed by atoms with Crippen molar-refractivity contribution in [2.45, 2.75) is 27.2 Å². The Morgan fingerprint density at radius 3 is 2.48 bits per heavy atom. The molecule has 2 rings (SSSR count). The summed E-state index contributed by atoms with van der Waals surface area (Å²) in [4.78, 5) is 37.7. The summed E-state index contributed by atoms with van der Waals surface area (Å²) < 4.78 is 0. The highest BCUT2D eigenvalue weighted by molar-refractivity contribution is 8.18. The quantitative estimate of drug-likeness (QED) is 0.786. The zero-order valence-electron chi connectivity index (χ0n) is 14.5. The van der Waals surface area contributed by atoms with E-state index in [1.165, 1.54) is 0 Å². The number of hydrogen-bond donors (Lipinski definition) is 1. The zero-order valence-corrected chi connectivity index (χ0v) is 16.0. The maximum atomic E-state index is 12.4. The van der Waals surface area contributed by atoms with Gasteiger partial charge in [-0.3, -0.25) is 19.3 Å². The molecule has 1 fully saturated rings. The highest BCUT2D eigenvalue weighted by atomic mass is 35.5. The van der Waals surface area contributed by atoms with Gasteiger partial charge in [-0.2, -0.15) is 0 Å². The lowest BCUT2D eigenvalue weighted by molar-refractivity contribution is -0.125. The third-order valence-corrected chi connectivity index (χ3v) is 4.55. The van der Waals surface area contributed by atoms with Gasteiger partial charge in [0.15, 0.2) is 0 Å². The molecular formula is C18H21ClN2O3S. The Bertz CT molecular complexity index is 708. The Morgan fingerprint density at radius 2 is 1.88 bits per heavy atom. The van der Waals surface area contributed by atoms with Crippen LogP contribution in [0, 0.1) is 5.41 Å². The lowest BCUT2D eigenvalue weighted by Crippen LogP contribution is -2.38. The van der Waals surface area contributed by atoms with E-state index in [2.05, 4.69) is 5.32 Å². The van der Waals surface area contributed by atoms with Gasteiger partial charge >= 0.3 is 0 Å². The average Bonchev–Trinajstić information content (AvgIpc) is 2.75. The van der Waals surface area contributed by atoms with Gasteiger partial charge in [-0.05, 0) is 40.9 Å². The molecule has 0 bridgehead atoms. The Kier molecular flexibility index (Phi) is 6.30. The molecule has 0 atom stereocenters. The van der Waals surface area contributed by atoms with Gasteiger partial charge in [0.2, 0.25) is 5.91 Å².